The standard InChI is InChI=1S/C12H12BrF3O2/c13-10-2-1-7(5-9(10)12(14,15)16)11-6-8(17)3-4-18-11/h1-2,5,8,11,17H,3-4,6H2. The van der Waals surface area contributed by atoms with Gasteiger partial charge in [0.05, 0.1) is 17.8 Å². The van der Waals surface area contributed by atoms with Crippen LogP contribution in [0.3, 0.4) is 0 Å². The molecule has 1 aliphatic heterocycles. The largest absolute Gasteiger partial charge is 0.417 e. The van der Waals surface area contributed by atoms with Gasteiger partial charge in [0.25, 0.3) is 0 Å². The van der Waals surface area contributed by atoms with Crippen molar-refractivity contribution in [3.8, 4) is 0 Å². The number of aliphatic hydroxyl groups excluding tert-OH is 1. The Balaban J connectivity index is 2.29. The lowest BCUT2D eigenvalue weighted by Crippen LogP contribution is -2.23. The molecule has 2 unspecified atom stereocenters. The highest BCUT2D eigenvalue weighted by Crippen LogP contribution is 2.38. The van der Waals surface area contributed by atoms with Crippen molar-refractivity contribution in [1.29, 1.82) is 0 Å². The molecule has 100 valence electrons. The van der Waals surface area contributed by atoms with Gasteiger partial charge in [-0.1, -0.05) is 22.0 Å². The smallest absolute Gasteiger partial charge is 0.393 e. The molecule has 1 saturated heterocycles. The van der Waals surface area contributed by atoms with Crippen molar-refractivity contribution in [3.63, 3.8) is 0 Å². The molecule has 0 aliphatic carbocycles. The number of ether oxygens (including phenoxy) is 1. The van der Waals surface area contributed by atoms with Crippen LogP contribution in [0.2, 0.25) is 0 Å². The molecule has 2 nitrogen and oxygen atoms in total. The maximum Gasteiger partial charge on any atom is 0.417 e. The van der Waals surface area contributed by atoms with E-state index in [1.54, 1.807) is 6.07 Å². The number of hydrogen-bond donors (Lipinski definition) is 1. The van der Waals surface area contributed by atoms with Crippen molar-refractivity contribution in [2.24, 2.45) is 0 Å². The summed E-state index contributed by atoms with van der Waals surface area (Å²) < 4.78 is 43.7. The van der Waals surface area contributed by atoms with E-state index in [2.05, 4.69) is 15.9 Å². The van der Waals surface area contributed by atoms with Crippen LogP contribution in [-0.4, -0.2) is 17.8 Å². The fourth-order valence-electron chi connectivity index (χ4n) is 1.97. The van der Waals surface area contributed by atoms with Gasteiger partial charge in [0, 0.05) is 17.5 Å². The number of halogens is 4. The van der Waals surface area contributed by atoms with Crippen LogP contribution < -0.4 is 0 Å². The fraction of sp³-hybridized carbons (Fsp3) is 0.500. The van der Waals surface area contributed by atoms with Crippen LogP contribution in [-0.2, 0) is 10.9 Å². The minimum Gasteiger partial charge on any atom is -0.393 e. The molecule has 1 aromatic carbocycles. The molecule has 6 heteroatoms. The molecule has 0 aromatic heterocycles. The SMILES string of the molecule is OC1CCOC(c2ccc(Br)c(C(F)(F)F)c2)C1. The topological polar surface area (TPSA) is 29.5 Å². The third-order valence-electron chi connectivity index (χ3n) is 2.92. The van der Waals surface area contributed by atoms with E-state index >= 15 is 0 Å². The number of benzene rings is 1. The van der Waals surface area contributed by atoms with Crippen LogP contribution >= 0.6 is 15.9 Å². The predicted molar refractivity (Wildman–Crippen MR) is 63.1 cm³/mol. The first-order valence-corrected chi connectivity index (χ1v) is 6.33. The zero-order valence-corrected chi connectivity index (χ0v) is 11.0. The minimum absolute atomic E-state index is 0.00936. The minimum atomic E-state index is -4.40. The molecule has 1 aliphatic rings. The monoisotopic (exact) mass is 324 g/mol. The van der Waals surface area contributed by atoms with Gasteiger partial charge >= 0.3 is 6.18 Å². The maximum atomic E-state index is 12.8. The second-order valence-electron chi connectivity index (χ2n) is 4.27. The van der Waals surface area contributed by atoms with Gasteiger partial charge in [-0.05, 0) is 24.1 Å². The van der Waals surface area contributed by atoms with Gasteiger partial charge in [0.15, 0.2) is 0 Å². The lowest BCUT2D eigenvalue weighted by Gasteiger charge is -2.27. The Morgan fingerprint density at radius 3 is 2.67 bits per heavy atom. The molecule has 0 radical (unpaired) electrons. The Morgan fingerprint density at radius 2 is 2.06 bits per heavy atom. The van der Waals surface area contributed by atoms with Crippen LogP contribution in [0.1, 0.15) is 30.1 Å². The average molecular weight is 325 g/mol. The number of aliphatic hydroxyl groups is 1. The van der Waals surface area contributed by atoms with Crippen molar-refractivity contribution in [3.05, 3.63) is 33.8 Å². The summed E-state index contributed by atoms with van der Waals surface area (Å²) >= 11 is 2.89. The molecule has 0 spiro atoms. The second kappa shape index (κ2) is 5.19. The molecule has 0 bridgehead atoms. The molecule has 1 heterocycles. The number of alkyl halides is 3. The van der Waals surface area contributed by atoms with Crippen LogP contribution in [0.25, 0.3) is 0 Å². The van der Waals surface area contributed by atoms with Gasteiger partial charge in [0.1, 0.15) is 0 Å². The molecule has 18 heavy (non-hydrogen) atoms. The molecule has 2 rings (SSSR count). The summed E-state index contributed by atoms with van der Waals surface area (Å²) in [6, 6.07) is 4.03. The van der Waals surface area contributed by atoms with Crippen molar-refractivity contribution >= 4 is 15.9 Å². The van der Waals surface area contributed by atoms with Crippen LogP contribution in [0.5, 0.6) is 0 Å². The van der Waals surface area contributed by atoms with E-state index in [1.165, 1.54) is 6.07 Å². The summed E-state index contributed by atoms with van der Waals surface area (Å²) in [6.45, 7) is 0.364. The molecule has 0 amide bonds. The molecular formula is C12H12BrF3O2. The van der Waals surface area contributed by atoms with E-state index in [4.69, 9.17) is 4.74 Å². The average Bonchev–Trinajstić information content (AvgIpc) is 2.28. The first kappa shape index (κ1) is 13.8. The molecule has 1 aromatic rings. The van der Waals surface area contributed by atoms with Crippen LogP contribution in [0.4, 0.5) is 13.2 Å². The van der Waals surface area contributed by atoms with Crippen molar-refractivity contribution in [1.82, 2.24) is 0 Å². The van der Waals surface area contributed by atoms with E-state index in [1.807, 2.05) is 0 Å². The molecule has 2 atom stereocenters. The normalized spacial score (nSPS) is 25.2. The number of rotatable bonds is 1. The van der Waals surface area contributed by atoms with Crippen molar-refractivity contribution in [2.75, 3.05) is 6.61 Å². The maximum absolute atomic E-state index is 12.8. The van der Waals surface area contributed by atoms with Gasteiger partial charge < -0.3 is 9.84 Å². The lowest BCUT2D eigenvalue weighted by atomic mass is 9.98. The quantitative estimate of drug-likeness (QED) is 0.853. The Hall–Kier alpha value is -0.590. The molecular weight excluding hydrogens is 313 g/mol. The van der Waals surface area contributed by atoms with Crippen LogP contribution in [0.15, 0.2) is 22.7 Å². The van der Waals surface area contributed by atoms with Crippen molar-refractivity contribution in [2.45, 2.75) is 31.2 Å². The third kappa shape index (κ3) is 3.05. The summed E-state index contributed by atoms with van der Waals surface area (Å²) in [5.74, 6) is 0. The summed E-state index contributed by atoms with van der Waals surface area (Å²) in [4.78, 5) is 0. The fourth-order valence-corrected chi connectivity index (χ4v) is 2.44. The highest BCUT2D eigenvalue weighted by Gasteiger charge is 2.34. The van der Waals surface area contributed by atoms with E-state index < -0.39 is 23.9 Å². The Bertz CT molecular complexity index is 434. The predicted octanol–water partition coefficient (Wildman–Crippen LogP) is 3.68. The summed E-state index contributed by atoms with van der Waals surface area (Å²) in [6.07, 6.45) is -4.52. The summed E-state index contributed by atoms with van der Waals surface area (Å²) in [7, 11) is 0. The van der Waals surface area contributed by atoms with Crippen LogP contribution in [0, 0.1) is 0 Å². The summed E-state index contributed by atoms with van der Waals surface area (Å²) in [5, 5.41) is 9.51. The van der Waals surface area contributed by atoms with Gasteiger partial charge in [-0.15, -0.1) is 0 Å². The van der Waals surface area contributed by atoms with E-state index in [0.717, 1.165) is 6.07 Å². The van der Waals surface area contributed by atoms with Crippen molar-refractivity contribution < 1.29 is 23.0 Å². The van der Waals surface area contributed by atoms with E-state index in [9.17, 15) is 18.3 Å². The first-order valence-electron chi connectivity index (χ1n) is 5.54. The molecule has 1 fully saturated rings. The second-order valence-corrected chi connectivity index (χ2v) is 5.13. The zero-order valence-electron chi connectivity index (χ0n) is 9.38. The van der Waals surface area contributed by atoms with Gasteiger partial charge in [0.2, 0.25) is 0 Å². The zero-order chi connectivity index (χ0) is 13.3. The summed E-state index contributed by atoms with van der Waals surface area (Å²) in [5.41, 5.74) is -0.270. The highest BCUT2D eigenvalue weighted by molar-refractivity contribution is 9.10. The van der Waals surface area contributed by atoms with E-state index in [-0.39, 0.29) is 4.47 Å². The van der Waals surface area contributed by atoms with E-state index in [0.29, 0.717) is 25.0 Å². The lowest BCUT2D eigenvalue weighted by molar-refractivity contribution is -0.138. The first-order chi connectivity index (χ1) is 8.38. The Labute approximate surface area is 111 Å². The highest BCUT2D eigenvalue weighted by atomic mass is 79.9. The van der Waals surface area contributed by atoms with Gasteiger partial charge in [-0.2, -0.15) is 13.2 Å². The molecule has 0 saturated carbocycles. The van der Waals surface area contributed by atoms with Gasteiger partial charge in [-0.25, -0.2) is 0 Å². The number of hydrogen-bond acceptors (Lipinski definition) is 2. The molecule has 1 N–H and O–H groups in total. The third-order valence-corrected chi connectivity index (χ3v) is 3.62. The Kier molecular flexibility index (Phi) is 3.99. The Morgan fingerprint density at radius 1 is 1.33 bits per heavy atom. The van der Waals surface area contributed by atoms with Gasteiger partial charge in [-0.3, -0.25) is 0 Å².